The van der Waals surface area contributed by atoms with Crippen molar-refractivity contribution in [2.75, 3.05) is 18.0 Å². The predicted molar refractivity (Wildman–Crippen MR) is 72.0 cm³/mol. The quantitative estimate of drug-likeness (QED) is 0.747. The maximum absolute atomic E-state index is 3.57. The summed E-state index contributed by atoms with van der Waals surface area (Å²) in [6.45, 7) is 4.71. The maximum Gasteiger partial charge on any atom is 0.0407 e. The van der Waals surface area contributed by atoms with Gasteiger partial charge in [-0.2, -0.15) is 0 Å². The lowest BCUT2D eigenvalue weighted by atomic mass is 9.93. The number of hydrogen-bond donors (Lipinski definition) is 0. The molecule has 1 aromatic rings. The highest BCUT2D eigenvalue weighted by atomic mass is 79.9. The second-order valence-corrected chi connectivity index (χ2v) is 6.33. The molecule has 1 saturated heterocycles. The van der Waals surface area contributed by atoms with Gasteiger partial charge >= 0.3 is 0 Å². The summed E-state index contributed by atoms with van der Waals surface area (Å²) in [5, 5.41) is 0. The summed E-state index contributed by atoms with van der Waals surface area (Å²) in [7, 11) is 0. The van der Waals surface area contributed by atoms with Crippen LogP contribution >= 0.6 is 15.9 Å². The Balaban J connectivity index is 1.79. The van der Waals surface area contributed by atoms with Gasteiger partial charge in [0.25, 0.3) is 0 Å². The van der Waals surface area contributed by atoms with E-state index >= 15 is 0 Å². The third-order valence-electron chi connectivity index (χ3n) is 4.29. The number of benzene rings is 1. The van der Waals surface area contributed by atoms with Crippen molar-refractivity contribution in [3.8, 4) is 0 Å². The van der Waals surface area contributed by atoms with Gasteiger partial charge in [0.2, 0.25) is 0 Å². The predicted octanol–water partition coefficient (Wildman–Crippen LogP) is 4.14. The highest BCUT2D eigenvalue weighted by molar-refractivity contribution is 9.10. The Morgan fingerprint density at radius 2 is 1.81 bits per heavy atom. The fraction of sp³-hybridized carbons (Fsp3) is 0.571. The molecule has 2 heteroatoms. The molecule has 3 rings (SSSR count). The zero-order valence-electron chi connectivity index (χ0n) is 9.80. The molecule has 0 bridgehead atoms. The fourth-order valence-corrected chi connectivity index (χ4v) is 3.17. The van der Waals surface area contributed by atoms with E-state index in [0.717, 1.165) is 5.41 Å². The van der Waals surface area contributed by atoms with E-state index in [1.165, 1.54) is 54.5 Å². The van der Waals surface area contributed by atoms with Gasteiger partial charge in [-0.05, 0) is 55.7 Å². The minimum absolute atomic E-state index is 0.774. The van der Waals surface area contributed by atoms with Gasteiger partial charge in [-0.3, -0.25) is 0 Å². The largest absolute Gasteiger partial charge is 0.371 e. The van der Waals surface area contributed by atoms with Crippen LogP contribution in [0.25, 0.3) is 0 Å². The van der Waals surface area contributed by atoms with Gasteiger partial charge in [-0.25, -0.2) is 0 Å². The molecule has 1 spiro atoms. The van der Waals surface area contributed by atoms with E-state index in [-0.39, 0.29) is 0 Å². The average Bonchev–Trinajstić information content (AvgIpc) is 3.03. The zero-order chi connectivity index (χ0) is 11.2. The maximum atomic E-state index is 3.57. The second-order valence-electron chi connectivity index (χ2n) is 5.42. The fourth-order valence-electron chi connectivity index (χ4n) is 2.82. The van der Waals surface area contributed by atoms with Gasteiger partial charge in [0.05, 0.1) is 0 Å². The molecule has 16 heavy (non-hydrogen) atoms. The van der Waals surface area contributed by atoms with Crippen molar-refractivity contribution in [2.24, 2.45) is 5.41 Å². The van der Waals surface area contributed by atoms with Crippen LogP contribution in [0.1, 0.15) is 31.2 Å². The molecular weight excluding hydrogens is 262 g/mol. The van der Waals surface area contributed by atoms with Crippen molar-refractivity contribution in [3.05, 3.63) is 28.2 Å². The van der Waals surface area contributed by atoms with E-state index in [1.54, 1.807) is 0 Å². The molecule has 1 aliphatic heterocycles. The van der Waals surface area contributed by atoms with Crippen molar-refractivity contribution in [3.63, 3.8) is 0 Å². The summed E-state index contributed by atoms with van der Waals surface area (Å²) in [6, 6.07) is 6.60. The molecule has 86 valence electrons. The first kappa shape index (κ1) is 10.6. The normalized spacial score (nSPS) is 22.5. The first-order valence-corrected chi connectivity index (χ1v) is 6.99. The number of rotatable bonds is 1. The van der Waals surface area contributed by atoms with Crippen LogP contribution in [-0.4, -0.2) is 13.1 Å². The molecule has 1 nitrogen and oxygen atoms in total. The minimum Gasteiger partial charge on any atom is -0.371 e. The number of nitrogens with zero attached hydrogens (tertiary/aromatic N) is 1. The standard InChI is InChI=1S/C14H18BrN/c1-11-2-3-12(15)10-13(11)16-8-6-14(4-5-14)7-9-16/h2-3,10H,4-9H2,1H3. The van der Waals surface area contributed by atoms with Gasteiger partial charge in [0, 0.05) is 23.2 Å². The van der Waals surface area contributed by atoms with Crippen LogP contribution in [0.3, 0.4) is 0 Å². The molecule has 1 saturated carbocycles. The van der Waals surface area contributed by atoms with Crippen molar-refractivity contribution in [1.82, 2.24) is 0 Å². The summed E-state index contributed by atoms with van der Waals surface area (Å²) in [6.07, 6.45) is 5.77. The molecule has 0 unspecified atom stereocenters. The monoisotopic (exact) mass is 279 g/mol. The lowest BCUT2D eigenvalue weighted by Crippen LogP contribution is -2.34. The summed E-state index contributed by atoms with van der Waals surface area (Å²) in [5.41, 5.74) is 3.59. The Hall–Kier alpha value is -0.500. The minimum atomic E-state index is 0.774. The van der Waals surface area contributed by atoms with Crippen LogP contribution in [0.2, 0.25) is 0 Å². The van der Waals surface area contributed by atoms with E-state index < -0.39 is 0 Å². The average molecular weight is 280 g/mol. The Kier molecular flexibility index (Phi) is 2.50. The molecule has 2 aliphatic rings. The Bertz CT molecular complexity index is 399. The molecule has 0 N–H and O–H groups in total. The van der Waals surface area contributed by atoms with Crippen molar-refractivity contribution < 1.29 is 0 Å². The Morgan fingerprint density at radius 1 is 1.12 bits per heavy atom. The van der Waals surface area contributed by atoms with E-state index in [4.69, 9.17) is 0 Å². The van der Waals surface area contributed by atoms with Crippen LogP contribution in [0.5, 0.6) is 0 Å². The van der Waals surface area contributed by atoms with E-state index in [2.05, 4.69) is 46.0 Å². The third kappa shape index (κ3) is 1.88. The molecule has 1 aromatic carbocycles. The van der Waals surface area contributed by atoms with Gasteiger partial charge in [-0.15, -0.1) is 0 Å². The van der Waals surface area contributed by atoms with Crippen LogP contribution in [0.15, 0.2) is 22.7 Å². The molecule has 0 radical (unpaired) electrons. The number of hydrogen-bond acceptors (Lipinski definition) is 1. The zero-order valence-corrected chi connectivity index (χ0v) is 11.4. The smallest absolute Gasteiger partial charge is 0.0407 e. The van der Waals surface area contributed by atoms with Gasteiger partial charge in [0.1, 0.15) is 0 Å². The van der Waals surface area contributed by atoms with Gasteiger partial charge in [-0.1, -0.05) is 22.0 Å². The lowest BCUT2D eigenvalue weighted by Gasteiger charge is -2.34. The van der Waals surface area contributed by atoms with Gasteiger partial charge in [0.15, 0.2) is 0 Å². The summed E-state index contributed by atoms with van der Waals surface area (Å²) < 4.78 is 1.19. The molecule has 1 aliphatic carbocycles. The van der Waals surface area contributed by atoms with Crippen molar-refractivity contribution in [1.29, 1.82) is 0 Å². The summed E-state index contributed by atoms with van der Waals surface area (Å²) in [4.78, 5) is 2.56. The molecule has 0 atom stereocenters. The number of piperidine rings is 1. The SMILES string of the molecule is Cc1ccc(Br)cc1N1CCC2(CC1)CC2. The molecule has 0 amide bonds. The van der Waals surface area contributed by atoms with Crippen LogP contribution < -0.4 is 4.90 Å². The summed E-state index contributed by atoms with van der Waals surface area (Å²) >= 11 is 3.57. The number of aryl methyl sites for hydroxylation is 1. The highest BCUT2D eigenvalue weighted by Crippen LogP contribution is 2.54. The number of halogens is 1. The molecule has 2 fully saturated rings. The third-order valence-corrected chi connectivity index (χ3v) is 4.79. The molecule has 0 aromatic heterocycles. The molecular formula is C14H18BrN. The first-order chi connectivity index (χ1) is 7.69. The van der Waals surface area contributed by atoms with E-state index in [1.807, 2.05) is 0 Å². The second kappa shape index (κ2) is 3.76. The van der Waals surface area contributed by atoms with Gasteiger partial charge < -0.3 is 4.90 Å². The van der Waals surface area contributed by atoms with E-state index in [9.17, 15) is 0 Å². The van der Waals surface area contributed by atoms with Crippen molar-refractivity contribution >= 4 is 21.6 Å². The van der Waals surface area contributed by atoms with Crippen LogP contribution in [-0.2, 0) is 0 Å². The lowest BCUT2D eigenvalue weighted by molar-refractivity contribution is 0.384. The summed E-state index contributed by atoms with van der Waals surface area (Å²) in [5.74, 6) is 0. The Morgan fingerprint density at radius 3 is 2.44 bits per heavy atom. The van der Waals surface area contributed by atoms with Crippen LogP contribution in [0, 0.1) is 12.3 Å². The first-order valence-electron chi connectivity index (χ1n) is 6.20. The highest BCUT2D eigenvalue weighted by Gasteiger charge is 2.44. The Labute approximate surface area is 106 Å². The van der Waals surface area contributed by atoms with E-state index in [0.29, 0.717) is 0 Å². The number of anilines is 1. The molecule has 1 heterocycles. The van der Waals surface area contributed by atoms with Crippen LogP contribution in [0.4, 0.5) is 5.69 Å². The topological polar surface area (TPSA) is 3.24 Å². The van der Waals surface area contributed by atoms with Crippen molar-refractivity contribution in [2.45, 2.75) is 32.6 Å².